The molecule has 0 saturated heterocycles. The van der Waals surface area contributed by atoms with E-state index in [1.165, 1.54) is 6.07 Å². The zero-order chi connectivity index (χ0) is 14.7. The van der Waals surface area contributed by atoms with Gasteiger partial charge in [0.25, 0.3) is 0 Å². The number of phenolic OH excluding ortho intramolecular Hbond substituents is 1. The average molecular weight is 338 g/mol. The molecule has 0 aliphatic carbocycles. The lowest BCUT2D eigenvalue weighted by Gasteiger charge is -2.21. The highest BCUT2D eigenvalue weighted by molar-refractivity contribution is 9.10. The third-order valence-corrected chi connectivity index (χ3v) is 3.81. The Hall–Kier alpha value is -1.55. The molecule has 1 unspecified atom stereocenters. The van der Waals surface area contributed by atoms with Crippen LogP contribution in [0.4, 0.5) is 10.1 Å². The molecule has 0 heterocycles. The highest BCUT2D eigenvalue weighted by Gasteiger charge is 2.16. The maximum Gasteiger partial charge on any atom is 0.146 e. The van der Waals surface area contributed by atoms with Gasteiger partial charge in [-0.1, -0.05) is 35.0 Å². The molecule has 0 radical (unpaired) electrons. The van der Waals surface area contributed by atoms with Crippen molar-refractivity contribution in [3.63, 3.8) is 0 Å². The second kappa shape index (κ2) is 6.27. The van der Waals surface area contributed by atoms with Crippen LogP contribution in [-0.4, -0.2) is 5.11 Å². The Morgan fingerprint density at radius 2 is 2.05 bits per heavy atom. The number of rotatable bonds is 4. The summed E-state index contributed by atoms with van der Waals surface area (Å²) >= 11 is 3.40. The molecule has 0 aliphatic rings. The highest BCUT2D eigenvalue weighted by Crippen LogP contribution is 2.33. The van der Waals surface area contributed by atoms with E-state index in [1.807, 2.05) is 26.0 Å². The monoisotopic (exact) mass is 337 g/mol. The van der Waals surface area contributed by atoms with Crippen LogP contribution in [0.1, 0.15) is 30.5 Å². The molecule has 1 atom stereocenters. The van der Waals surface area contributed by atoms with Gasteiger partial charge in [-0.15, -0.1) is 0 Å². The summed E-state index contributed by atoms with van der Waals surface area (Å²) in [6, 6.07) is 10.1. The van der Waals surface area contributed by atoms with Gasteiger partial charge in [0, 0.05) is 10.0 Å². The molecule has 0 aromatic heterocycles. The molecule has 0 bridgehead atoms. The van der Waals surface area contributed by atoms with Gasteiger partial charge in [0.15, 0.2) is 0 Å². The van der Waals surface area contributed by atoms with Crippen molar-refractivity contribution in [2.45, 2.75) is 26.3 Å². The van der Waals surface area contributed by atoms with Crippen molar-refractivity contribution in [1.82, 2.24) is 0 Å². The van der Waals surface area contributed by atoms with E-state index in [2.05, 4.69) is 21.2 Å². The number of para-hydroxylation sites is 1. The van der Waals surface area contributed by atoms with Crippen molar-refractivity contribution in [2.75, 3.05) is 5.32 Å². The summed E-state index contributed by atoms with van der Waals surface area (Å²) in [5.74, 6) is -0.0699. The van der Waals surface area contributed by atoms with Crippen molar-refractivity contribution in [3.8, 4) is 5.75 Å². The van der Waals surface area contributed by atoms with Crippen LogP contribution in [0.25, 0.3) is 0 Å². The van der Waals surface area contributed by atoms with Gasteiger partial charge >= 0.3 is 0 Å². The van der Waals surface area contributed by atoms with E-state index in [-0.39, 0.29) is 17.6 Å². The van der Waals surface area contributed by atoms with Gasteiger partial charge in [0.05, 0.1) is 11.7 Å². The van der Waals surface area contributed by atoms with Crippen molar-refractivity contribution in [3.05, 3.63) is 57.8 Å². The lowest BCUT2D eigenvalue weighted by molar-refractivity contribution is 0.462. The molecular weight excluding hydrogens is 321 g/mol. The van der Waals surface area contributed by atoms with E-state index in [0.717, 1.165) is 22.0 Å². The summed E-state index contributed by atoms with van der Waals surface area (Å²) in [5.41, 5.74) is 2.08. The summed E-state index contributed by atoms with van der Waals surface area (Å²) < 4.78 is 14.8. The van der Waals surface area contributed by atoms with Gasteiger partial charge in [-0.05, 0) is 43.2 Å². The maximum atomic E-state index is 13.9. The minimum atomic E-state index is -0.280. The molecule has 2 N–H and O–H groups in total. The van der Waals surface area contributed by atoms with E-state index in [0.29, 0.717) is 5.69 Å². The van der Waals surface area contributed by atoms with Crippen LogP contribution in [0.5, 0.6) is 5.75 Å². The van der Waals surface area contributed by atoms with E-state index < -0.39 is 0 Å². The highest BCUT2D eigenvalue weighted by atomic mass is 79.9. The van der Waals surface area contributed by atoms with Crippen LogP contribution in [0.3, 0.4) is 0 Å². The molecule has 2 rings (SSSR count). The Bertz CT molecular complexity index is 595. The summed E-state index contributed by atoms with van der Waals surface area (Å²) in [4.78, 5) is 0. The molecule has 0 spiro atoms. The van der Waals surface area contributed by atoms with Gasteiger partial charge in [0.1, 0.15) is 11.6 Å². The standard InChI is InChI=1S/C16H17BrFNO/c1-3-14(12-9-11(17)7-8-15(12)20)19-16-10(2)5-4-6-13(16)18/h4-9,14,19-20H,3H2,1-2H3. The molecule has 0 aliphatic heterocycles. The number of nitrogens with one attached hydrogen (secondary N) is 1. The fourth-order valence-corrected chi connectivity index (χ4v) is 2.57. The van der Waals surface area contributed by atoms with Crippen molar-refractivity contribution >= 4 is 21.6 Å². The van der Waals surface area contributed by atoms with Gasteiger partial charge in [-0.25, -0.2) is 4.39 Å². The van der Waals surface area contributed by atoms with Crippen LogP contribution in [0.2, 0.25) is 0 Å². The normalized spacial score (nSPS) is 12.2. The quantitative estimate of drug-likeness (QED) is 0.806. The van der Waals surface area contributed by atoms with Crippen LogP contribution in [-0.2, 0) is 0 Å². The van der Waals surface area contributed by atoms with Crippen LogP contribution in [0.15, 0.2) is 40.9 Å². The molecular formula is C16H17BrFNO. The van der Waals surface area contributed by atoms with Crippen molar-refractivity contribution < 1.29 is 9.50 Å². The Morgan fingerprint density at radius 1 is 1.30 bits per heavy atom. The van der Waals surface area contributed by atoms with E-state index in [4.69, 9.17) is 0 Å². The predicted molar refractivity (Wildman–Crippen MR) is 83.6 cm³/mol. The number of aromatic hydroxyl groups is 1. The van der Waals surface area contributed by atoms with Gasteiger partial charge in [-0.2, -0.15) is 0 Å². The zero-order valence-corrected chi connectivity index (χ0v) is 13.0. The Labute approximate surface area is 126 Å². The number of hydrogen-bond acceptors (Lipinski definition) is 2. The fourth-order valence-electron chi connectivity index (χ4n) is 2.19. The van der Waals surface area contributed by atoms with Gasteiger partial charge in [0.2, 0.25) is 0 Å². The SMILES string of the molecule is CCC(Nc1c(C)cccc1F)c1cc(Br)ccc1O. The van der Waals surface area contributed by atoms with Gasteiger partial charge in [-0.3, -0.25) is 0 Å². The Kier molecular flexibility index (Phi) is 4.65. The molecule has 0 saturated carbocycles. The van der Waals surface area contributed by atoms with Crippen molar-refractivity contribution in [1.29, 1.82) is 0 Å². The molecule has 20 heavy (non-hydrogen) atoms. The van der Waals surface area contributed by atoms with Crippen molar-refractivity contribution in [2.24, 2.45) is 0 Å². The largest absolute Gasteiger partial charge is 0.508 e. The fraction of sp³-hybridized carbons (Fsp3) is 0.250. The van der Waals surface area contributed by atoms with E-state index in [1.54, 1.807) is 18.2 Å². The second-order valence-corrected chi connectivity index (χ2v) is 5.66. The Morgan fingerprint density at radius 3 is 2.70 bits per heavy atom. The Balaban J connectivity index is 2.36. The number of phenols is 1. The predicted octanol–water partition coefficient (Wildman–Crippen LogP) is 5.17. The lowest BCUT2D eigenvalue weighted by atomic mass is 10.0. The molecule has 0 fully saturated rings. The van der Waals surface area contributed by atoms with Crippen LogP contribution in [0, 0.1) is 12.7 Å². The van der Waals surface area contributed by atoms with Crippen LogP contribution < -0.4 is 5.32 Å². The summed E-state index contributed by atoms with van der Waals surface area (Å²) in [7, 11) is 0. The van der Waals surface area contributed by atoms with Crippen LogP contribution >= 0.6 is 15.9 Å². The number of halogens is 2. The minimum Gasteiger partial charge on any atom is -0.508 e. The van der Waals surface area contributed by atoms with E-state index in [9.17, 15) is 9.50 Å². The third-order valence-electron chi connectivity index (χ3n) is 3.31. The summed E-state index contributed by atoms with van der Waals surface area (Å²) in [6.45, 7) is 3.85. The number of anilines is 1. The zero-order valence-electron chi connectivity index (χ0n) is 11.5. The second-order valence-electron chi connectivity index (χ2n) is 4.74. The first-order valence-electron chi connectivity index (χ1n) is 6.53. The first-order chi connectivity index (χ1) is 9.52. The third kappa shape index (κ3) is 3.12. The first kappa shape index (κ1) is 14.9. The van der Waals surface area contributed by atoms with Gasteiger partial charge < -0.3 is 10.4 Å². The smallest absolute Gasteiger partial charge is 0.146 e. The number of hydrogen-bond donors (Lipinski definition) is 2. The molecule has 106 valence electrons. The molecule has 2 aromatic rings. The average Bonchev–Trinajstić information content (AvgIpc) is 2.42. The number of benzene rings is 2. The van der Waals surface area contributed by atoms with E-state index >= 15 is 0 Å². The summed E-state index contributed by atoms with van der Waals surface area (Å²) in [5, 5.41) is 13.2. The molecule has 0 amide bonds. The maximum absolute atomic E-state index is 13.9. The number of aryl methyl sites for hydroxylation is 1. The summed E-state index contributed by atoms with van der Waals surface area (Å²) in [6.07, 6.45) is 0.734. The molecule has 4 heteroatoms. The minimum absolute atomic E-state index is 0.150. The lowest BCUT2D eigenvalue weighted by Crippen LogP contribution is -2.12. The molecule has 2 aromatic carbocycles. The first-order valence-corrected chi connectivity index (χ1v) is 7.32. The topological polar surface area (TPSA) is 32.3 Å². The molecule has 2 nitrogen and oxygen atoms in total.